The van der Waals surface area contributed by atoms with Gasteiger partial charge in [-0.15, -0.1) is 0 Å². The standard InChI is InChI=1S/C16H13NO4/c1-12-9-10-16(21-12)15(18)8-3-2-5-13-6-4-7-14(11-13)17(19)20/h2-11H,1H3/b5-2+,8-3+. The van der Waals surface area contributed by atoms with Crippen molar-refractivity contribution in [2.24, 2.45) is 0 Å². The molecule has 0 spiro atoms. The zero-order valence-electron chi connectivity index (χ0n) is 11.4. The summed E-state index contributed by atoms with van der Waals surface area (Å²) >= 11 is 0. The van der Waals surface area contributed by atoms with Crippen molar-refractivity contribution < 1.29 is 14.1 Å². The van der Waals surface area contributed by atoms with E-state index in [2.05, 4.69) is 0 Å². The molecular weight excluding hydrogens is 270 g/mol. The maximum atomic E-state index is 11.7. The van der Waals surface area contributed by atoms with Crippen LogP contribution < -0.4 is 0 Å². The van der Waals surface area contributed by atoms with Crippen LogP contribution in [0.2, 0.25) is 0 Å². The number of carbonyl (C=O) groups excluding carboxylic acids is 1. The van der Waals surface area contributed by atoms with E-state index in [0.717, 1.165) is 0 Å². The molecule has 106 valence electrons. The summed E-state index contributed by atoms with van der Waals surface area (Å²) in [5.41, 5.74) is 0.721. The lowest BCUT2D eigenvalue weighted by atomic mass is 10.2. The van der Waals surface area contributed by atoms with Gasteiger partial charge in [0.2, 0.25) is 5.78 Å². The smallest absolute Gasteiger partial charge is 0.270 e. The Labute approximate surface area is 121 Å². The first-order chi connectivity index (χ1) is 10.1. The van der Waals surface area contributed by atoms with Gasteiger partial charge in [0.15, 0.2) is 5.76 Å². The van der Waals surface area contributed by atoms with Gasteiger partial charge in [0.25, 0.3) is 5.69 Å². The highest BCUT2D eigenvalue weighted by molar-refractivity contribution is 6.02. The molecule has 0 aliphatic rings. The van der Waals surface area contributed by atoms with Gasteiger partial charge < -0.3 is 4.42 Å². The highest BCUT2D eigenvalue weighted by Gasteiger charge is 2.05. The maximum Gasteiger partial charge on any atom is 0.270 e. The molecule has 2 aromatic rings. The highest BCUT2D eigenvalue weighted by atomic mass is 16.6. The Hall–Kier alpha value is -2.95. The number of allylic oxidation sites excluding steroid dienone is 3. The number of nitro groups is 1. The van der Waals surface area contributed by atoms with Crippen LogP contribution in [0.1, 0.15) is 21.9 Å². The van der Waals surface area contributed by atoms with E-state index >= 15 is 0 Å². The molecule has 1 aromatic heterocycles. The molecule has 0 atom stereocenters. The summed E-state index contributed by atoms with van der Waals surface area (Å²) in [4.78, 5) is 21.9. The van der Waals surface area contributed by atoms with Crippen molar-refractivity contribution in [3.63, 3.8) is 0 Å². The normalized spacial score (nSPS) is 11.3. The van der Waals surface area contributed by atoms with Crippen LogP contribution in [0.3, 0.4) is 0 Å². The number of rotatable bonds is 5. The third kappa shape index (κ3) is 4.01. The molecule has 5 nitrogen and oxygen atoms in total. The largest absolute Gasteiger partial charge is 0.458 e. The molecule has 21 heavy (non-hydrogen) atoms. The van der Waals surface area contributed by atoms with Gasteiger partial charge in [-0.1, -0.05) is 30.4 Å². The van der Waals surface area contributed by atoms with E-state index in [9.17, 15) is 14.9 Å². The molecule has 0 aliphatic carbocycles. The van der Waals surface area contributed by atoms with Crippen LogP contribution in [-0.4, -0.2) is 10.7 Å². The second kappa shape index (κ2) is 6.47. The predicted octanol–water partition coefficient (Wildman–Crippen LogP) is 3.95. The van der Waals surface area contributed by atoms with Crippen LogP contribution in [0.5, 0.6) is 0 Å². The van der Waals surface area contributed by atoms with Gasteiger partial charge >= 0.3 is 0 Å². The van der Waals surface area contributed by atoms with Crippen LogP contribution in [0.15, 0.2) is 59.0 Å². The number of ketones is 1. The zero-order chi connectivity index (χ0) is 15.2. The average Bonchev–Trinajstić information content (AvgIpc) is 2.90. The van der Waals surface area contributed by atoms with Gasteiger partial charge in [0.1, 0.15) is 5.76 Å². The molecule has 0 saturated heterocycles. The van der Waals surface area contributed by atoms with Gasteiger partial charge in [-0.25, -0.2) is 0 Å². The molecule has 2 rings (SSSR count). The van der Waals surface area contributed by atoms with Crippen molar-refractivity contribution in [3.05, 3.63) is 81.8 Å². The Balaban J connectivity index is 2.02. The van der Waals surface area contributed by atoms with E-state index in [1.54, 1.807) is 49.4 Å². The third-order valence-corrected chi connectivity index (χ3v) is 2.71. The molecule has 5 heteroatoms. The van der Waals surface area contributed by atoms with Crippen LogP contribution in [0.4, 0.5) is 5.69 Å². The van der Waals surface area contributed by atoms with Gasteiger partial charge in [-0.2, -0.15) is 0 Å². The minimum atomic E-state index is -0.448. The summed E-state index contributed by atoms with van der Waals surface area (Å²) in [5.74, 6) is 0.734. The van der Waals surface area contributed by atoms with E-state index in [4.69, 9.17) is 4.42 Å². The Bertz CT molecular complexity index is 725. The Morgan fingerprint density at radius 1 is 1.24 bits per heavy atom. The molecule has 0 amide bonds. The number of nitrogens with zero attached hydrogens (tertiary/aromatic N) is 1. The fraction of sp³-hybridized carbons (Fsp3) is 0.0625. The number of aryl methyl sites for hydroxylation is 1. The lowest BCUT2D eigenvalue weighted by Crippen LogP contribution is -1.89. The highest BCUT2D eigenvalue weighted by Crippen LogP contribution is 2.14. The molecule has 1 heterocycles. The Morgan fingerprint density at radius 2 is 2.05 bits per heavy atom. The van der Waals surface area contributed by atoms with Gasteiger partial charge in [-0.3, -0.25) is 14.9 Å². The molecule has 0 radical (unpaired) electrons. The zero-order valence-corrected chi connectivity index (χ0v) is 11.4. The van der Waals surface area contributed by atoms with E-state index < -0.39 is 4.92 Å². The van der Waals surface area contributed by atoms with Gasteiger partial charge in [-0.05, 0) is 30.7 Å². The Kier molecular flexibility index (Phi) is 4.46. The van der Waals surface area contributed by atoms with Crippen LogP contribution >= 0.6 is 0 Å². The molecular formula is C16H13NO4. The first-order valence-corrected chi connectivity index (χ1v) is 6.26. The van der Waals surface area contributed by atoms with Crippen LogP contribution in [-0.2, 0) is 0 Å². The lowest BCUT2D eigenvalue weighted by molar-refractivity contribution is -0.384. The number of non-ortho nitro benzene ring substituents is 1. The summed E-state index contributed by atoms with van der Waals surface area (Å²) < 4.78 is 5.20. The first kappa shape index (κ1) is 14.5. The third-order valence-electron chi connectivity index (χ3n) is 2.71. The quantitative estimate of drug-likeness (QED) is 0.274. The van der Waals surface area contributed by atoms with Crippen LogP contribution in [0.25, 0.3) is 6.08 Å². The predicted molar refractivity (Wildman–Crippen MR) is 79.0 cm³/mol. The van der Waals surface area contributed by atoms with E-state index in [0.29, 0.717) is 11.3 Å². The molecule has 0 bridgehead atoms. The molecule has 0 N–H and O–H groups in total. The van der Waals surface area contributed by atoms with Crippen molar-refractivity contribution in [3.8, 4) is 0 Å². The summed E-state index contributed by atoms with van der Waals surface area (Å²) in [6, 6.07) is 9.58. The number of benzene rings is 1. The maximum absolute atomic E-state index is 11.7. The minimum Gasteiger partial charge on any atom is -0.458 e. The van der Waals surface area contributed by atoms with Crippen molar-refractivity contribution in [1.29, 1.82) is 0 Å². The van der Waals surface area contributed by atoms with Gasteiger partial charge in [0.05, 0.1) is 4.92 Å². The molecule has 0 saturated carbocycles. The minimum absolute atomic E-state index is 0.0308. The summed E-state index contributed by atoms with van der Waals surface area (Å²) in [6.07, 6.45) is 6.28. The summed E-state index contributed by atoms with van der Waals surface area (Å²) in [5, 5.41) is 10.6. The summed E-state index contributed by atoms with van der Waals surface area (Å²) in [6.45, 7) is 1.77. The number of hydrogen-bond acceptors (Lipinski definition) is 4. The fourth-order valence-corrected chi connectivity index (χ4v) is 1.70. The SMILES string of the molecule is Cc1ccc(C(=O)/C=C/C=C/c2cccc([N+](=O)[O-])c2)o1. The lowest BCUT2D eigenvalue weighted by Gasteiger charge is -1.93. The molecule has 0 unspecified atom stereocenters. The van der Waals surface area contributed by atoms with E-state index in [1.807, 2.05) is 0 Å². The molecule has 0 aliphatic heterocycles. The van der Waals surface area contributed by atoms with Crippen LogP contribution in [0, 0.1) is 17.0 Å². The molecule has 0 fully saturated rings. The van der Waals surface area contributed by atoms with Crippen molar-refractivity contribution >= 4 is 17.5 Å². The number of furan rings is 1. The van der Waals surface area contributed by atoms with Crippen molar-refractivity contribution in [2.75, 3.05) is 0 Å². The average molecular weight is 283 g/mol. The monoisotopic (exact) mass is 283 g/mol. The first-order valence-electron chi connectivity index (χ1n) is 6.26. The van der Waals surface area contributed by atoms with Gasteiger partial charge in [0, 0.05) is 12.1 Å². The van der Waals surface area contributed by atoms with E-state index in [1.165, 1.54) is 18.2 Å². The second-order valence-corrected chi connectivity index (χ2v) is 4.34. The fourth-order valence-electron chi connectivity index (χ4n) is 1.70. The second-order valence-electron chi connectivity index (χ2n) is 4.34. The number of hydrogen-bond donors (Lipinski definition) is 0. The van der Waals surface area contributed by atoms with Crippen molar-refractivity contribution in [1.82, 2.24) is 0 Å². The Morgan fingerprint density at radius 3 is 2.71 bits per heavy atom. The molecule has 1 aromatic carbocycles. The van der Waals surface area contributed by atoms with E-state index in [-0.39, 0.29) is 17.2 Å². The summed E-state index contributed by atoms with van der Waals surface area (Å²) in [7, 11) is 0. The number of nitro benzene ring substituents is 1. The van der Waals surface area contributed by atoms with Crippen molar-refractivity contribution in [2.45, 2.75) is 6.92 Å². The number of carbonyl (C=O) groups is 1. The topological polar surface area (TPSA) is 73.3 Å².